The monoisotopic (exact) mass is 209 g/mol. The quantitative estimate of drug-likeness (QED) is 0.738. The molecule has 1 unspecified atom stereocenters. The number of nitriles is 1. The highest BCUT2D eigenvalue weighted by atomic mass is 19.4. The first-order valence-corrected chi connectivity index (χ1v) is 4.33. The van der Waals surface area contributed by atoms with Gasteiger partial charge in [-0.1, -0.05) is 6.92 Å². The molecule has 6 heteroatoms. The Labute approximate surface area is 81.3 Å². The molecule has 0 spiro atoms. The van der Waals surface area contributed by atoms with E-state index >= 15 is 0 Å². The summed E-state index contributed by atoms with van der Waals surface area (Å²) in [5.74, 6) is 0. The Morgan fingerprint density at radius 1 is 1.50 bits per heavy atom. The van der Waals surface area contributed by atoms with Crippen molar-refractivity contribution in [2.24, 2.45) is 5.73 Å². The van der Waals surface area contributed by atoms with Crippen molar-refractivity contribution in [3.05, 3.63) is 0 Å². The standard InChI is InChI=1S/C8H14F3N3/c1-2-14(6-8(9,10)11)4-3-7(13)5-12/h7H,2-4,6,13H2,1H3. The average Bonchev–Trinajstić information content (AvgIpc) is 2.09. The van der Waals surface area contributed by atoms with E-state index in [9.17, 15) is 13.2 Å². The maximum absolute atomic E-state index is 12.0. The molecule has 0 fully saturated rings. The summed E-state index contributed by atoms with van der Waals surface area (Å²) in [6, 6.07) is 1.09. The third-order valence-electron chi connectivity index (χ3n) is 1.77. The zero-order valence-electron chi connectivity index (χ0n) is 8.01. The number of nitrogens with zero attached hydrogens (tertiary/aromatic N) is 2. The summed E-state index contributed by atoms with van der Waals surface area (Å²) >= 11 is 0. The van der Waals surface area contributed by atoms with Crippen molar-refractivity contribution in [2.45, 2.75) is 25.6 Å². The SMILES string of the molecule is CCN(CCC(N)C#N)CC(F)(F)F. The third kappa shape index (κ3) is 6.69. The van der Waals surface area contributed by atoms with E-state index in [4.69, 9.17) is 11.0 Å². The zero-order valence-corrected chi connectivity index (χ0v) is 8.01. The summed E-state index contributed by atoms with van der Waals surface area (Å²) < 4.78 is 35.9. The van der Waals surface area contributed by atoms with Crippen LogP contribution in [0.2, 0.25) is 0 Å². The van der Waals surface area contributed by atoms with Gasteiger partial charge < -0.3 is 5.73 Å². The van der Waals surface area contributed by atoms with Crippen LogP contribution in [0.1, 0.15) is 13.3 Å². The number of halogens is 3. The van der Waals surface area contributed by atoms with Gasteiger partial charge in [-0.25, -0.2) is 0 Å². The Bertz CT molecular complexity index is 197. The first-order valence-electron chi connectivity index (χ1n) is 4.33. The van der Waals surface area contributed by atoms with Gasteiger partial charge in [-0.3, -0.25) is 4.90 Å². The van der Waals surface area contributed by atoms with Crippen LogP contribution in [0.5, 0.6) is 0 Å². The number of hydrogen-bond donors (Lipinski definition) is 1. The van der Waals surface area contributed by atoms with Crippen molar-refractivity contribution < 1.29 is 13.2 Å². The summed E-state index contributed by atoms with van der Waals surface area (Å²) in [5.41, 5.74) is 5.27. The average molecular weight is 209 g/mol. The number of rotatable bonds is 5. The van der Waals surface area contributed by atoms with Crippen LogP contribution in [0.15, 0.2) is 0 Å². The fraction of sp³-hybridized carbons (Fsp3) is 0.875. The highest BCUT2D eigenvalue weighted by molar-refractivity contribution is 4.86. The highest BCUT2D eigenvalue weighted by Crippen LogP contribution is 2.16. The summed E-state index contributed by atoms with van der Waals surface area (Å²) in [4.78, 5) is 1.22. The van der Waals surface area contributed by atoms with Crippen molar-refractivity contribution in [2.75, 3.05) is 19.6 Å². The molecule has 0 aliphatic heterocycles. The van der Waals surface area contributed by atoms with Crippen molar-refractivity contribution in [3.8, 4) is 6.07 Å². The lowest BCUT2D eigenvalue weighted by atomic mass is 10.2. The van der Waals surface area contributed by atoms with E-state index in [-0.39, 0.29) is 13.0 Å². The van der Waals surface area contributed by atoms with E-state index in [1.807, 2.05) is 0 Å². The first-order chi connectivity index (χ1) is 6.39. The second-order valence-corrected chi connectivity index (χ2v) is 3.01. The minimum Gasteiger partial charge on any atom is -0.316 e. The van der Waals surface area contributed by atoms with Crippen LogP contribution in [-0.4, -0.2) is 36.8 Å². The molecular weight excluding hydrogens is 195 g/mol. The van der Waals surface area contributed by atoms with Gasteiger partial charge in [-0.2, -0.15) is 18.4 Å². The van der Waals surface area contributed by atoms with Crippen LogP contribution in [0, 0.1) is 11.3 Å². The van der Waals surface area contributed by atoms with Gasteiger partial charge in [-0.05, 0) is 13.0 Å². The van der Waals surface area contributed by atoms with Gasteiger partial charge in [0, 0.05) is 6.54 Å². The zero-order chi connectivity index (χ0) is 11.2. The van der Waals surface area contributed by atoms with Gasteiger partial charge >= 0.3 is 6.18 Å². The molecule has 0 aromatic carbocycles. The number of alkyl halides is 3. The Morgan fingerprint density at radius 3 is 2.43 bits per heavy atom. The van der Waals surface area contributed by atoms with Gasteiger partial charge in [0.1, 0.15) is 0 Å². The minimum atomic E-state index is -4.19. The van der Waals surface area contributed by atoms with Crippen LogP contribution in [-0.2, 0) is 0 Å². The lowest BCUT2D eigenvalue weighted by Crippen LogP contribution is -2.36. The van der Waals surface area contributed by atoms with Crippen molar-refractivity contribution in [1.29, 1.82) is 5.26 Å². The Balaban J connectivity index is 3.87. The van der Waals surface area contributed by atoms with Gasteiger partial charge in [0.25, 0.3) is 0 Å². The molecule has 0 saturated heterocycles. The molecule has 0 aromatic heterocycles. The maximum atomic E-state index is 12.0. The van der Waals surface area contributed by atoms with Gasteiger partial charge in [0.15, 0.2) is 0 Å². The van der Waals surface area contributed by atoms with Crippen molar-refractivity contribution >= 4 is 0 Å². The number of hydrogen-bond acceptors (Lipinski definition) is 3. The van der Waals surface area contributed by atoms with E-state index in [0.29, 0.717) is 6.54 Å². The molecule has 0 radical (unpaired) electrons. The number of nitrogens with two attached hydrogens (primary N) is 1. The van der Waals surface area contributed by atoms with Crippen LogP contribution in [0.4, 0.5) is 13.2 Å². The molecule has 3 nitrogen and oxygen atoms in total. The fourth-order valence-corrected chi connectivity index (χ4v) is 0.989. The molecule has 0 saturated carbocycles. The predicted molar refractivity (Wildman–Crippen MR) is 46.4 cm³/mol. The van der Waals surface area contributed by atoms with Crippen molar-refractivity contribution in [1.82, 2.24) is 4.90 Å². The fourth-order valence-electron chi connectivity index (χ4n) is 0.989. The van der Waals surface area contributed by atoms with Crippen LogP contribution < -0.4 is 5.73 Å². The normalized spacial score (nSPS) is 14.1. The van der Waals surface area contributed by atoms with E-state index in [1.54, 1.807) is 13.0 Å². The molecule has 82 valence electrons. The molecule has 0 bridgehead atoms. The lowest BCUT2D eigenvalue weighted by Gasteiger charge is -2.21. The smallest absolute Gasteiger partial charge is 0.316 e. The molecule has 1 atom stereocenters. The summed E-state index contributed by atoms with van der Waals surface area (Å²) in [6.45, 7) is 1.20. The van der Waals surface area contributed by atoms with Crippen LogP contribution in [0.25, 0.3) is 0 Å². The molecule has 0 amide bonds. The molecule has 0 aromatic rings. The molecular formula is C8H14F3N3. The summed E-state index contributed by atoms with van der Waals surface area (Å²) in [5, 5.41) is 8.34. The largest absolute Gasteiger partial charge is 0.401 e. The molecule has 0 rings (SSSR count). The molecule has 0 heterocycles. The molecule has 14 heavy (non-hydrogen) atoms. The van der Waals surface area contributed by atoms with Crippen molar-refractivity contribution in [3.63, 3.8) is 0 Å². The van der Waals surface area contributed by atoms with E-state index in [1.165, 1.54) is 4.90 Å². The lowest BCUT2D eigenvalue weighted by molar-refractivity contribution is -0.145. The molecule has 0 aliphatic rings. The summed E-state index contributed by atoms with van der Waals surface area (Å²) in [7, 11) is 0. The van der Waals surface area contributed by atoms with E-state index in [2.05, 4.69) is 0 Å². The van der Waals surface area contributed by atoms with Gasteiger partial charge in [-0.15, -0.1) is 0 Å². The Morgan fingerprint density at radius 2 is 2.07 bits per heavy atom. The summed E-state index contributed by atoms with van der Waals surface area (Å²) in [6.07, 6.45) is -3.92. The Kier molecular flexibility index (Phi) is 5.50. The second-order valence-electron chi connectivity index (χ2n) is 3.01. The first kappa shape index (κ1) is 13.2. The van der Waals surface area contributed by atoms with Crippen LogP contribution >= 0.6 is 0 Å². The maximum Gasteiger partial charge on any atom is 0.401 e. The second kappa shape index (κ2) is 5.83. The Hall–Kier alpha value is -0.800. The van der Waals surface area contributed by atoms with Gasteiger partial charge in [0.05, 0.1) is 18.7 Å². The van der Waals surface area contributed by atoms with E-state index in [0.717, 1.165) is 0 Å². The molecule has 0 aliphatic carbocycles. The third-order valence-corrected chi connectivity index (χ3v) is 1.77. The highest BCUT2D eigenvalue weighted by Gasteiger charge is 2.29. The predicted octanol–water partition coefficient (Wildman–Crippen LogP) is 1.11. The topological polar surface area (TPSA) is 53.0 Å². The van der Waals surface area contributed by atoms with Gasteiger partial charge in [0.2, 0.25) is 0 Å². The molecule has 2 N–H and O–H groups in total. The minimum absolute atomic E-state index is 0.199. The van der Waals surface area contributed by atoms with E-state index < -0.39 is 18.8 Å². The van der Waals surface area contributed by atoms with Crippen LogP contribution in [0.3, 0.4) is 0 Å².